The molecule has 4 rings (SSSR count). The third-order valence-corrected chi connectivity index (χ3v) is 4.03. The van der Waals surface area contributed by atoms with Crippen molar-refractivity contribution in [2.75, 3.05) is 12.3 Å². The molecule has 0 saturated carbocycles. The molecule has 0 saturated heterocycles. The summed E-state index contributed by atoms with van der Waals surface area (Å²) in [6, 6.07) is 5.41. The van der Waals surface area contributed by atoms with Crippen LogP contribution in [0.15, 0.2) is 36.8 Å². The topological polar surface area (TPSA) is 85.8 Å². The zero-order chi connectivity index (χ0) is 15.1. The Labute approximate surface area is 127 Å². The number of benzene rings is 1. The van der Waals surface area contributed by atoms with Crippen molar-refractivity contribution in [1.29, 1.82) is 0 Å². The van der Waals surface area contributed by atoms with Crippen LogP contribution in [0.5, 0.6) is 0 Å². The molecule has 0 fully saturated rings. The molecular weight excluding hydrogens is 278 g/mol. The zero-order valence-corrected chi connectivity index (χ0v) is 11.9. The molecule has 0 amide bonds. The lowest BCUT2D eigenvalue weighted by Crippen LogP contribution is -2.27. The minimum absolute atomic E-state index is 0.147. The molecule has 1 aromatic carbocycles. The van der Waals surface area contributed by atoms with Gasteiger partial charge in [-0.15, -0.1) is 0 Å². The molecule has 0 aliphatic carbocycles. The summed E-state index contributed by atoms with van der Waals surface area (Å²) in [4.78, 5) is 17.1. The largest absolute Gasteiger partial charge is 0.399 e. The standard InChI is InChI=1S/C16H15N5O/c17-12-1-2-15-10(5-12)8-20-21(15)16(22)14-9-19-7-11-6-18-4-3-13(11)14/h1-2,5,7-9,18H,3-4,6,17H2. The van der Waals surface area contributed by atoms with Gasteiger partial charge in [0.25, 0.3) is 5.91 Å². The summed E-state index contributed by atoms with van der Waals surface area (Å²) in [5.74, 6) is -0.147. The van der Waals surface area contributed by atoms with E-state index in [9.17, 15) is 4.79 Å². The summed E-state index contributed by atoms with van der Waals surface area (Å²) >= 11 is 0. The van der Waals surface area contributed by atoms with Crippen LogP contribution in [0.3, 0.4) is 0 Å². The van der Waals surface area contributed by atoms with E-state index in [2.05, 4.69) is 15.4 Å². The zero-order valence-electron chi connectivity index (χ0n) is 11.9. The number of nitrogens with zero attached hydrogens (tertiary/aromatic N) is 3. The van der Waals surface area contributed by atoms with Gasteiger partial charge in [0, 0.05) is 30.0 Å². The van der Waals surface area contributed by atoms with E-state index >= 15 is 0 Å². The van der Waals surface area contributed by atoms with Crippen molar-refractivity contribution in [3.05, 3.63) is 53.5 Å². The van der Waals surface area contributed by atoms with Gasteiger partial charge < -0.3 is 11.1 Å². The summed E-state index contributed by atoms with van der Waals surface area (Å²) in [5.41, 5.74) is 9.96. The van der Waals surface area contributed by atoms with Crippen molar-refractivity contribution in [3.8, 4) is 0 Å². The van der Waals surface area contributed by atoms with Crippen molar-refractivity contribution in [2.24, 2.45) is 0 Å². The van der Waals surface area contributed by atoms with Crippen molar-refractivity contribution in [1.82, 2.24) is 20.1 Å². The lowest BCUT2D eigenvalue weighted by molar-refractivity contribution is 0.0949. The molecule has 22 heavy (non-hydrogen) atoms. The smallest absolute Gasteiger partial charge is 0.280 e. The number of anilines is 1. The number of nitrogen functional groups attached to an aromatic ring is 1. The van der Waals surface area contributed by atoms with Crippen LogP contribution in [0.4, 0.5) is 5.69 Å². The number of carbonyl (C=O) groups is 1. The first-order valence-corrected chi connectivity index (χ1v) is 7.18. The predicted octanol–water partition coefficient (Wildman–Crippen LogP) is 1.35. The van der Waals surface area contributed by atoms with E-state index < -0.39 is 0 Å². The van der Waals surface area contributed by atoms with Gasteiger partial charge in [-0.25, -0.2) is 0 Å². The molecular formula is C16H15N5O. The highest BCUT2D eigenvalue weighted by atomic mass is 16.2. The highest BCUT2D eigenvalue weighted by Gasteiger charge is 2.21. The lowest BCUT2D eigenvalue weighted by Gasteiger charge is -2.19. The lowest BCUT2D eigenvalue weighted by atomic mass is 9.98. The summed E-state index contributed by atoms with van der Waals surface area (Å²) < 4.78 is 1.42. The molecule has 3 aromatic rings. The van der Waals surface area contributed by atoms with Gasteiger partial charge >= 0.3 is 0 Å². The van der Waals surface area contributed by atoms with Gasteiger partial charge in [-0.05, 0) is 42.3 Å². The maximum absolute atomic E-state index is 12.9. The number of aromatic nitrogens is 3. The van der Waals surface area contributed by atoms with Gasteiger partial charge in [-0.3, -0.25) is 9.78 Å². The van der Waals surface area contributed by atoms with Gasteiger partial charge in [-0.2, -0.15) is 9.78 Å². The summed E-state index contributed by atoms with van der Waals surface area (Å²) in [7, 11) is 0. The van der Waals surface area contributed by atoms with Crippen molar-refractivity contribution in [3.63, 3.8) is 0 Å². The monoisotopic (exact) mass is 293 g/mol. The molecule has 110 valence electrons. The number of carbonyl (C=O) groups excluding carboxylic acids is 1. The molecule has 0 atom stereocenters. The molecule has 0 unspecified atom stereocenters. The first-order valence-electron chi connectivity index (χ1n) is 7.18. The highest BCUT2D eigenvalue weighted by Crippen LogP contribution is 2.21. The van der Waals surface area contributed by atoms with Gasteiger partial charge in [-0.1, -0.05) is 0 Å². The molecule has 3 N–H and O–H groups in total. The molecule has 6 nitrogen and oxygen atoms in total. The van der Waals surface area contributed by atoms with Crippen LogP contribution in [0, 0.1) is 0 Å². The number of nitrogens with two attached hydrogens (primary N) is 1. The van der Waals surface area contributed by atoms with E-state index in [1.54, 1.807) is 18.5 Å². The SMILES string of the molecule is Nc1ccc2c(cnn2C(=O)c2cncc3c2CCNC3)c1. The van der Waals surface area contributed by atoms with Crippen molar-refractivity contribution < 1.29 is 4.79 Å². The van der Waals surface area contributed by atoms with Crippen molar-refractivity contribution >= 4 is 22.5 Å². The maximum Gasteiger partial charge on any atom is 0.280 e. The molecule has 0 radical (unpaired) electrons. The van der Waals surface area contributed by atoms with Crippen LogP contribution in [-0.2, 0) is 13.0 Å². The number of hydrogen-bond donors (Lipinski definition) is 2. The molecule has 0 spiro atoms. The van der Waals surface area contributed by atoms with E-state index in [4.69, 9.17) is 5.73 Å². The molecule has 1 aliphatic heterocycles. The fraction of sp³-hybridized carbons (Fsp3) is 0.188. The summed E-state index contributed by atoms with van der Waals surface area (Å²) in [6.07, 6.45) is 5.94. The normalized spacial score (nSPS) is 14.0. The van der Waals surface area contributed by atoms with Crippen LogP contribution in [-0.4, -0.2) is 27.2 Å². The highest BCUT2D eigenvalue weighted by molar-refractivity contribution is 6.02. The van der Waals surface area contributed by atoms with Gasteiger partial charge in [0.2, 0.25) is 0 Å². The number of nitrogens with one attached hydrogen (secondary N) is 1. The Hall–Kier alpha value is -2.73. The van der Waals surface area contributed by atoms with Gasteiger partial charge in [0.1, 0.15) is 0 Å². The number of hydrogen-bond acceptors (Lipinski definition) is 5. The quantitative estimate of drug-likeness (QED) is 0.661. The average molecular weight is 293 g/mol. The van der Waals surface area contributed by atoms with E-state index in [1.165, 1.54) is 4.68 Å². The number of rotatable bonds is 1. The third-order valence-electron chi connectivity index (χ3n) is 4.03. The van der Waals surface area contributed by atoms with Crippen LogP contribution in [0.25, 0.3) is 10.9 Å². The van der Waals surface area contributed by atoms with E-state index in [0.717, 1.165) is 41.5 Å². The molecule has 2 aromatic heterocycles. The first-order chi connectivity index (χ1) is 10.7. The Morgan fingerprint density at radius 2 is 2.18 bits per heavy atom. The number of pyridine rings is 1. The molecule has 1 aliphatic rings. The minimum atomic E-state index is -0.147. The van der Waals surface area contributed by atoms with Gasteiger partial charge in [0.05, 0.1) is 17.3 Å². The molecule has 3 heterocycles. The van der Waals surface area contributed by atoms with Gasteiger partial charge in [0.15, 0.2) is 0 Å². The van der Waals surface area contributed by atoms with E-state index in [0.29, 0.717) is 11.3 Å². The van der Waals surface area contributed by atoms with Crippen LogP contribution < -0.4 is 11.1 Å². The van der Waals surface area contributed by atoms with Crippen molar-refractivity contribution in [2.45, 2.75) is 13.0 Å². The minimum Gasteiger partial charge on any atom is -0.399 e. The van der Waals surface area contributed by atoms with E-state index in [1.807, 2.05) is 18.3 Å². The Balaban J connectivity index is 1.84. The maximum atomic E-state index is 12.9. The van der Waals surface area contributed by atoms with Crippen LogP contribution >= 0.6 is 0 Å². The Morgan fingerprint density at radius 1 is 1.27 bits per heavy atom. The van der Waals surface area contributed by atoms with E-state index in [-0.39, 0.29) is 5.91 Å². The third kappa shape index (κ3) is 1.96. The molecule has 6 heteroatoms. The second kappa shape index (κ2) is 4.92. The molecule has 0 bridgehead atoms. The summed E-state index contributed by atoms with van der Waals surface area (Å²) in [5, 5.41) is 8.37. The Morgan fingerprint density at radius 3 is 3.09 bits per heavy atom. The number of fused-ring (bicyclic) bond motifs is 2. The second-order valence-electron chi connectivity index (χ2n) is 5.43. The Bertz CT molecular complexity index is 883. The van der Waals surface area contributed by atoms with Crippen LogP contribution in [0.1, 0.15) is 21.5 Å². The first kappa shape index (κ1) is 13.0. The van der Waals surface area contributed by atoms with Crippen LogP contribution in [0.2, 0.25) is 0 Å². The Kier molecular flexibility index (Phi) is 2.90. The fourth-order valence-corrected chi connectivity index (χ4v) is 2.93. The summed E-state index contributed by atoms with van der Waals surface area (Å²) in [6.45, 7) is 1.62. The predicted molar refractivity (Wildman–Crippen MR) is 83.5 cm³/mol. The average Bonchev–Trinajstić information content (AvgIpc) is 2.96. The second-order valence-corrected chi connectivity index (χ2v) is 5.43. The fourth-order valence-electron chi connectivity index (χ4n) is 2.93.